The summed E-state index contributed by atoms with van der Waals surface area (Å²) in [5.41, 5.74) is 0. The molecule has 0 spiro atoms. The first-order valence-electron chi connectivity index (χ1n) is 14.7. The van der Waals surface area contributed by atoms with E-state index in [1.807, 2.05) is 0 Å². The summed E-state index contributed by atoms with van der Waals surface area (Å²) in [5, 5.41) is 9.26. The Morgan fingerprint density at radius 3 is 1.58 bits per heavy atom. The van der Waals surface area contributed by atoms with Crippen molar-refractivity contribution in [2.24, 2.45) is 0 Å². The molecule has 2 unspecified atom stereocenters. The molecular weight excluding hydrogens is 492 g/mol. The van der Waals surface area contributed by atoms with Crippen LogP contribution >= 0.6 is 0 Å². The van der Waals surface area contributed by atoms with Crippen LogP contribution in [0.3, 0.4) is 0 Å². The van der Waals surface area contributed by atoms with E-state index in [1.165, 1.54) is 0 Å². The zero-order chi connectivity index (χ0) is 28.4. The van der Waals surface area contributed by atoms with Crippen LogP contribution in [0.25, 0.3) is 0 Å². The number of unbranched alkanes of at least 4 members (excludes halogenated alkanes) is 9. The van der Waals surface area contributed by atoms with Gasteiger partial charge in [-0.15, -0.1) is 0 Å². The number of esters is 4. The standard InChI is InChI=1S/C29H52O9/c1-4-26(31)36-23-25(38-28(33)6-3)19-15-11-9-12-16-20-29(34)35-21-17-13-8-7-10-14-18-24(22-30)37-27(32)5-2/h24-25,30H,4-23H2,1-3H3. The third kappa shape index (κ3) is 21.9. The molecule has 0 amide bonds. The highest BCUT2D eigenvalue weighted by Crippen LogP contribution is 2.13. The van der Waals surface area contributed by atoms with Gasteiger partial charge in [0.05, 0.1) is 13.2 Å². The minimum Gasteiger partial charge on any atom is -0.466 e. The molecule has 9 heteroatoms. The Balaban J connectivity index is 3.67. The van der Waals surface area contributed by atoms with Crippen molar-refractivity contribution >= 4 is 23.9 Å². The molecule has 0 aromatic rings. The van der Waals surface area contributed by atoms with Crippen molar-refractivity contribution < 1.29 is 43.2 Å². The van der Waals surface area contributed by atoms with Crippen LogP contribution in [0.15, 0.2) is 0 Å². The summed E-state index contributed by atoms with van der Waals surface area (Å²) in [7, 11) is 0. The number of ether oxygens (including phenoxy) is 4. The molecule has 0 bridgehead atoms. The first-order chi connectivity index (χ1) is 18.4. The van der Waals surface area contributed by atoms with E-state index >= 15 is 0 Å². The molecule has 0 saturated heterocycles. The Labute approximate surface area is 229 Å². The van der Waals surface area contributed by atoms with Crippen LogP contribution < -0.4 is 0 Å². The summed E-state index contributed by atoms with van der Waals surface area (Å²) in [6.45, 7) is 5.63. The predicted octanol–water partition coefficient (Wildman–Crippen LogP) is 5.58. The molecule has 222 valence electrons. The third-order valence-corrected chi connectivity index (χ3v) is 6.19. The normalized spacial score (nSPS) is 12.4. The van der Waals surface area contributed by atoms with Crippen molar-refractivity contribution in [2.45, 2.75) is 142 Å². The number of carbonyl (C=O) groups excluding carboxylic acids is 4. The largest absolute Gasteiger partial charge is 0.466 e. The highest BCUT2D eigenvalue weighted by molar-refractivity contribution is 5.70. The molecule has 38 heavy (non-hydrogen) atoms. The zero-order valence-corrected chi connectivity index (χ0v) is 24.0. The summed E-state index contributed by atoms with van der Waals surface area (Å²) in [5.74, 6) is -1.01. The van der Waals surface area contributed by atoms with E-state index in [-0.39, 0.29) is 37.1 Å². The second-order valence-corrected chi connectivity index (χ2v) is 9.59. The maximum Gasteiger partial charge on any atom is 0.305 e. The van der Waals surface area contributed by atoms with E-state index in [0.717, 1.165) is 70.6 Å². The zero-order valence-electron chi connectivity index (χ0n) is 24.0. The topological polar surface area (TPSA) is 125 Å². The molecular formula is C29H52O9. The van der Waals surface area contributed by atoms with E-state index < -0.39 is 12.2 Å². The molecule has 0 aliphatic heterocycles. The highest BCUT2D eigenvalue weighted by atomic mass is 16.6. The molecule has 0 saturated carbocycles. The third-order valence-electron chi connectivity index (χ3n) is 6.19. The molecule has 1 N–H and O–H groups in total. The SMILES string of the molecule is CCC(=O)OCC(CCCCCCCC(=O)OCCCCCCCCC(CO)OC(=O)CC)OC(=O)CC. The molecule has 0 fully saturated rings. The molecule has 2 atom stereocenters. The lowest BCUT2D eigenvalue weighted by atomic mass is 10.1. The van der Waals surface area contributed by atoms with E-state index in [2.05, 4.69) is 0 Å². The van der Waals surface area contributed by atoms with Gasteiger partial charge in [-0.2, -0.15) is 0 Å². The van der Waals surface area contributed by atoms with Crippen molar-refractivity contribution in [1.29, 1.82) is 0 Å². The minimum absolute atomic E-state index is 0.104. The number of aliphatic hydroxyl groups is 1. The average molecular weight is 545 g/mol. The van der Waals surface area contributed by atoms with Crippen LogP contribution in [0, 0.1) is 0 Å². The van der Waals surface area contributed by atoms with Gasteiger partial charge in [-0.3, -0.25) is 19.2 Å². The van der Waals surface area contributed by atoms with E-state index in [1.54, 1.807) is 20.8 Å². The number of rotatable bonds is 25. The van der Waals surface area contributed by atoms with Crippen LogP contribution in [0.1, 0.15) is 130 Å². The Hall–Kier alpha value is -2.16. The van der Waals surface area contributed by atoms with Gasteiger partial charge in [0.2, 0.25) is 0 Å². The summed E-state index contributed by atoms with van der Waals surface area (Å²) >= 11 is 0. The van der Waals surface area contributed by atoms with Gasteiger partial charge < -0.3 is 24.1 Å². The summed E-state index contributed by atoms with van der Waals surface area (Å²) in [6.07, 6.45) is 12.4. The van der Waals surface area contributed by atoms with E-state index in [0.29, 0.717) is 45.1 Å². The first-order valence-corrected chi connectivity index (χ1v) is 14.7. The van der Waals surface area contributed by atoms with Crippen LogP contribution in [0.5, 0.6) is 0 Å². The summed E-state index contributed by atoms with van der Waals surface area (Å²) in [4.78, 5) is 46.1. The van der Waals surface area contributed by atoms with Crippen LogP contribution in [0.2, 0.25) is 0 Å². The fraction of sp³-hybridized carbons (Fsp3) is 0.862. The van der Waals surface area contributed by atoms with Crippen molar-refractivity contribution in [1.82, 2.24) is 0 Å². The van der Waals surface area contributed by atoms with E-state index in [4.69, 9.17) is 18.9 Å². The lowest BCUT2D eigenvalue weighted by molar-refractivity contribution is -0.159. The Morgan fingerprint density at radius 1 is 0.553 bits per heavy atom. The number of aliphatic hydroxyl groups excluding tert-OH is 1. The molecule has 0 aromatic carbocycles. The van der Waals surface area contributed by atoms with Gasteiger partial charge >= 0.3 is 23.9 Å². The van der Waals surface area contributed by atoms with Crippen molar-refractivity contribution in [3.8, 4) is 0 Å². The highest BCUT2D eigenvalue weighted by Gasteiger charge is 2.15. The molecule has 0 aliphatic carbocycles. The second kappa shape index (κ2) is 25.1. The molecule has 9 nitrogen and oxygen atoms in total. The van der Waals surface area contributed by atoms with Gasteiger partial charge in [-0.25, -0.2) is 0 Å². The van der Waals surface area contributed by atoms with Gasteiger partial charge in [-0.05, 0) is 38.5 Å². The maximum atomic E-state index is 11.9. The van der Waals surface area contributed by atoms with E-state index in [9.17, 15) is 24.3 Å². The lowest BCUT2D eigenvalue weighted by Gasteiger charge is -2.17. The first kappa shape index (κ1) is 35.8. The van der Waals surface area contributed by atoms with Crippen molar-refractivity contribution in [3.63, 3.8) is 0 Å². The summed E-state index contributed by atoms with van der Waals surface area (Å²) < 4.78 is 21.0. The molecule has 0 rings (SSSR count). The van der Waals surface area contributed by atoms with Crippen LogP contribution in [-0.4, -0.2) is 61.0 Å². The smallest absolute Gasteiger partial charge is 0.305 e. The molecule has 0 radical (unpaired) electrons. The van der Waals surface area contributed by atoms with Gasteiger partial charge in [0.15, 0.2) is 0 Å². The molecule has 0 aliphatic rings. The van der Waals surface area contributed by atoms with Crippen molar-refractivity contribution in [2.75, 3.05) is 19.8 Å². The van der Waals surface area contributed by atoms with Crippen molar-refractivity contribution in [3.05, 3.63) is 0 Å². The minimum atomic E-state index is -0.399. The fourth-order valence-electron chi connectivity index (χ4n) is 3.80. The average Bonchev–Trinajstić information content (AvgIpc) is 2.92. The van der Waals surface area contributed by atoms with Gasteiger partial charge in [0.25, 0.3) is 0 Å². The number of hydrogen-bond acceptors (Lipinski definition) is 9. The van der Waals surface area contributed by atoms with Gasteiger partial charge in [-0.1, -0.05) is 65.7 Å². The maximum absolute atomic E-state index is 11.9. The van der Waals surface area contributed by atoms with Gasteiger partial charge in [0, 0.05) is 25.7 Å². The van der Waals surface area contributed by atoms with Crippen LogP contribution in [0.4, 0.5) is 0 Å². The van der Waals surface area contributed by atoms with Crippen LogP contribution in [-0.2, 0) is 38.1 Å². The predicted molar refractivity (Wildman–Crippen MR) is 144 cm³/mol. The summed E-state index contributed by atoms with van der Waals surface area (Å²) in [6, 6.07) is 0. The van der Waals surface area contributed by atoms with Gasteiger partial charge in [0.1, 0.15) is 18.8 Å². The Morgan fingerprint density at radius 2 is 1.03 bits per heavy atom. The molecule has 0 heterocycles. The number of carbonyl (C=O) groups is 4. The Kier molecular flexibility index (Phi) is 23.7. The number of hydrogen-bond donors (Lipinski definition) is 1. The lowest BCUT2D eigenvalue weighted by Crippen LogP contribution is -2.25. The second-order valence-electron chi connectivity index (χ2n) is 9.59. The fourth-order valence-corrected chi connectivity index (χ4v) is 3.80. The molecule has 0 aromatic heterocycles. The quantitative estimate of drug-likeness (QED) is 0.0890. The Bertz CT molecular complexity index is 636. The monoisotopic (exact) mass is 544 g/mol.